The van der Waals surface area contributed by atoms with Gasteiger partial charge >= 0.3 is 5.97 Å². The molecule has 16 heteroatoms. The first-order valence-electron chi connectivity index (χ1n) is 16.5. The number of nitrogens with zero attached hydrogens (tertiary/aromatic N) is 5. The summed E-state index contributed by atoms with van der Waals surface area (Å²) in [5, 5.41) is 19.0. The summed E-state index contributed by atoms with van der Waals surface area (Å²) < 4.78 is 5.77. The number of hydrogen-bond donors (Lipinski definition) is 4. The molecule has 0 aromatic carbocycles. The number of fused-ring (bicyclic) bond motifs is 1. The van der Waals surface area contributed by atoms with Gasteiger partial charge < -0.3 is 26.3 Å². The number of carbonyl (C=O) groups excluding carboxylic acids is 3. The second-order valence-corrected chi connectivity index (χ2v) is 13.5. The van der Waals surface area contributed by atoms with Gasteiger partial charge in [0, 0.05) is 41.5 Å². The van der Waals surface area contributed by atoms with Crippen LogP contribution in [0.25, 0.3) is 0 Å². The lowest BCUT2D eigenvalue weighted by molar-refractivity contribution is -0.689. The number of rotatable bonds is 20. The van der Waals surface area contributed by atoms with E-state index in [2.05, 4.69) is 32.1 Å². The molecule has 2 aromatic rings. The van der Waals surface area contributed by atoms with E-state index in [0.717, 1.165) is 24.4 Å². The van der Waals surface area contributed by atoms with Crippen molar-refractivity contribution in [3.05, 3.63) is 47.2 Å². The molecule has 260 valence electrons. The van der Waals surface area contributed by atoms with Crippen molar-refractivity contribution in [2.75, 3.05) is 24.6 Å². The first kappa shape index (κ1) is 36.8. The van der Waals surface area contributed by atoms with Crippen LogP contribution in [0.2, 0.25) is 0 Å². The Hall–Kier alpha value is -4.05. The maximum absolute atomic E-state index is 13.2. The van der Waals surface area contributed by atoms with Crippen molar-refractivity contribution in [1.82, 2.24) is 24.9 Å². The van der Waals surface area contributed by atoms with Crippen molar-refractivity contribution in [2.24, 2.45) is 5.16 Å². The zero-order valence-electron chi connectivity index (χ0n) is 27.5. The lowest BCUT2D eigenvalue weighted by Crippen LogP contribution is -2.71. The molecule has 2 aliphatic rings. The number of amides is 3. The third-order valence-electron chi connectivity index (χ3n) is 8.03. The Morgan fingerprint density at radius 2 is 1.75 bits per heavy atom. The van der Waals surface area contributed by atoms with Crippen LogP contribution in [0.5, 0.6) is 0 Å². The summed E-state index contributed by atoms with van der Waals surface area (Å²) in [7, 11) is 0. The smallest absolute Gasteiger partial charge is 0.352 e. The first-order chi connectivity index (χ1) is 23.2. The summed E-state index contributed by atoms with van der Waals surface area (Å²) in [6.45, 7) is 4.95. The number of aliphatic carboxylic acids is 1. The van der Waals surface area contributed by atoms with Crippen molar-refractivity contribution in [3.8, 4) is 0 Å². The maximum atomic E-state index is 13.2. The Bertz CT molecular complexity index is 1500. The van der Waals surface area contributed by atoms with Gasteiger partial charge in [-0.15, -0.1) is 11.8 Å². The molecule has 0 spiro atoms. The third-order valence-corrected chi connectivity index (χ3v) is 9.91. The van der Waals surface area contributed by atoms with Gasteiger partial charge in [-0.1, -0.05) is 69.9 Å². The van der Waals surface area contributed by atoms with Gasteiger partial charge in [-0.25, -0.2) is 9.36 Å². The lowest BCUT2D eigenvalue weighted by atomic mass is 10.0. The number of oxime groups is 1. The summed E-state index contributed by atoms with van der Waals surface area (Å²) in [5.41, 5.74) is 6.35. The van der Waals surface area contributed by atoms with Crippen molar-refractivity contribution in [3.63, 3.8) is 0 Å². The molecule has 2 aromatic heterocycles. The van der Waals surface area contributed by atoms with Crippen LogP contribution >= 0.6 is 23.3 Å². The molecule has 4 heterocycles. The Morgan fingerprint density at radius 3 is 2.35 bits per heavy atom. The van der Waals surface area contributed by atoms with Crippen molar-refractivity contribution in [2.45, 2.75) is 96.0 Å². The number of nitrogens with two attached hydrogens (primary N) is 1. The molecule has 0 saturated carbocycles. The second kappa shape index (κ2) is 18.5. The van der Waals surface area contributed by atoms with Crippen LogP contribution in [0.3, 0.4) is 0 Å². The second-order valence-electron chi connectivity index (χ2n) is 11.6. The van der Waals surface area contributed by atoms with Gasteiger partial charge in [-0.05, 0) is 13.3 Å². The normalized spacial score (nSPS) is 17.5. The number of nitrogens with one attached hydrogen (secondary N) is 2. The number of thioether (sulfide) groups is 1. The summed E-state index contributed by atoms with van der Waals surface area (Å²) >= 11 is 2.23. The molecule has 1 saturated heterocycles. The van der Waals surface area contributed by atoms with Gasteiger partial charge in [0.2, 0.25) is 11.5 Å². The molecule has 14 nitrogen and oxygen atoms in total. The number of anilines is 1. The van der Waals surface area contributed by atoms with E-state index in [9.17, 15) is 24.3 Å². The minimum Gasteiger partial charge on any atom is -0.477 e. The molecule has 0 aliphatic carbocycles. The van der Waals surface area contributed by atoms with Crippen LogP contribution in [-0.2, 0) is 25.8 Å². The van der Waals surface area contributed by atoms with E-state index in [1.807, 2.05) is 0 Å². The Kier molecular flexibility index (Phi) is 14.2. The van der Waals surface area contributed by atoms with E-state index in [1.165, 1.54) is 68.0 Å². The van der Waals surface area contributed by atoms with Crippen LogP contribution in [0.1, 0.15) is 94.2 Å². The number of carboxylic acids is 1. The number of unbranched alkanes of at least 4 members (excludes halogenated alkanes) is 9. The number of carbonyl (C=O) groups is 4. The molecule has 0 radical (unpaired) electrons. The Morgan fingerprint density at radius 1 is 1.08 bits per heavy atom. The van der Waals surface area contributed by atoms with Gasteiger partial charge in [-0.2, -0.15) is 9.36 Å². The van der Waals surface area contributed by atoms with Gasteiger partial charge in [0.25, 0.3) is 17.7 Å². The Labute approximate surface area is 288 Å². The van der Waals surface area contributed by atoms with Crippen LogP contribution < -0.4 is 20.9 Å². The molecule has 2 atom stereocenters. The molecular weight excluding hydrogens is 657 g/mol. The predicted octanol–water partition coefficient (Wildman–Crippen LogP) is 3.24. The fourth-order valence-electron chi connectivity index (χ4n) is 5.51. The number of hydrogen-bond acceptors (Lipinski definition) is 11. The molecule has 1 fully saturated rings. The van der Waals surface area contributed by atoms with Crippen LogP contribution in [0, 0.1) is 0 Å². The number of pyridine rings is 1. The summed E-state index contributed by atoms with van der Waals surface area (Å²) in [6.07, 6.45) is 15.8. The molecule has 48 heavy (non-hydrogen) atoms. The van der Waals surface area contributed by atoms with Crippen LogP contribution in [0.4, 0.5) is 5.13 Å². The highest BCUT2D eigenvalue weighted by atomic mass is 32.2. The highest BCUT2D eigenvalue weighted by molar-refractivity contribution is 8.00. The molecule has 4 rings (SSSR count). The number of β-lactam (4-membered cyclic amide) rings is 1. The molecule has 1 unspecified atom stereocenters. The molecule has 5 N–H and O–H groups in total. The minimum atomic E-state index is -1.24. The topological polar surface area (TPSA) is 193 Å². The SMILES string of the molecule is CCCCCCCCCCCCNC(=O)c1cc[n+](CC2=C(C(=O)O)N3C(=O)C(NC(=O)C(=NOCC)c4nsc(N)n4)[C@@H]3SC2)cc1. The average Bonchev–Trinajstić information content (AvgIpc) is 3.51. The van der Waals surface area contributed by atoms with Gasteiger partial charge in [-0.3, -0.25) is 19.3 Å². The minimum absolute atomic E-state index is 0.0357. The summed E-state index contributed by atoms with van der Waals surface area (Å²) in [5.74, 6) is -2.40. The summed E-state index contributed by atoms with van der Waals surface area (Å²) in [6, 6.07) is 2.41. The van der Waals surface area contributed by atoms with Crippen LogP contribution in [0.15, 0.2) is 41.0 Å². The van der Waals surface area contributed by atoms with Crippen molar-refractivity contribution < 1.29 is 33.7 Å². The quantitative estimate of drug-likeness (QED) is 0.0524. The van der Waals surface area contributed by atoms with Crippen LogP contribution in [-0.4, -0.2) is 79.1 Å². The maximum Gasteiger partial charge on any atom is 0.352 e. The zero-order valence-corrected chi connectivity index (χ0v) is 29.1. The van der Waals surface area contributed by atoms with E-state index in [-0.39, 0.29) is 41.4 Å². The van der Waals surface area contributed by atoms with E-state index >= 15 is 0 Å². The largest absolute Gasteiger partial charge is 0.477 e. The third kappa shape index (κ3) is 9.75. The number of aromatic nitrogens is 3. The molecular formula is C32H45N8O6S2+. The highest BCUT2D eigenvalue weighted by Gasteiger charge is 2.55. The summed E-state index contributed by atoms with van der Waals surface area (Å²) in [4.78, 5) is 61.4. The van der Waals surface area contributed by atoms with Gasteiger partial charge in [0.15, 0.2) is 24.1 Å². The fraction of sp³-hybridized carbons (Fsp3) is 0.562. The van der Waals surface area contributed by atoms with E-state index in [1.54, 1.807) is 36.0 Å². The zero-order chi connectivity index (χ0) is 34.5. The van der Waals surface area contributed by atoms with E-state index < -0.39 is 29.2 Å². The first-order valence-corrected chi connectivity index (χ1v) is 18.3. The Balaban J connectivity index is 1.28. The number of carboxylic acid groups (broad SMARTS) is 1. The number of nitrogen functional groups attached to an aromatic ring is 1. The molecule has 2 aliphatic heterocycles. The standard InChI is InChI=1S/C32H44N8O6S2/c1-3-5-6-7-8-9-10-11-12-13-16-34-27(41)21-14-17-39(18-15-21)19-22-20-47-30-24(29(43)40(30)25(22)31(44)45)35-28(42)23(37-46-4-2)26-36-32(33)48-38-26/h14-15,17-18,24,30H,3-13,16,19-20H2,1-2H3,(H4-,33,34,35,36,38,41,42,44,45)/p+1/t24?,30-/m0/s1. The fourth-order valence-corrected chi connectivity index (χ4v) is 7.28. The van der Waals surface area contributed by atoms with Crippen molar-refractivity contribution in [1.29, 1.82) is 0 Å². The average molecular weight is 702 g/mol. The lowest BCUT2D eigenvalue weighted by Gasteiger charge is -2.49. The monoisotopic (exact) mass is 701 g/mol. The molecule has 3 amide bonds. The van der Waals surface area contributed by atoms with Gasteiger partial charge in [0.05, 0.1) is 5.56 Å². The molecule has 0 bridgehead atoms. The predicted molar refractivity (Wildman–Crippen MR) is 183 cm³/mol. The van der Waals surface area contributed by atoms with E-state index in [0.29, 0.717) is 23.4 Å². The highest BCUT2D eigenvalue weighted by Crippen LogP contribution is 2.40. The van der Waals surface area contributed by atoms with E-state index in [4.69, 9.17) is 10.6 Å². The van der Waals surface area contributed by atoms with Gasteiger partial charge in [0.1, 0.15) is 23.7 Å². The van der Waals surface area contributed by atoms with Crippen molar-refractivity contribution >= 4 is 57.8 Å².